The molecule has 5 nitrogen and oxygen atoms in total. The van der Waals surface area contributed by atoms with Crippen molar-refractivity contribution in [1.29, 1.82) is 0 Å². The Hall–Kier alpha value is -2.30. The van der Waals surface area contributed by atoms with Gasteiger partial charge in [-0.25, -0.2) is 9.48 Å². The number of hydrogen-bond acceptors (Lipinski definition) is 3. The van der Waals surface area contributed by atoms with E-state index in [1.807, 2.05) is 31.2 Å². The molecule has 0 aliphatic rings. The van der Waals surface area contributed by atoms with Crippen molar-refractivity contribution in [1.82, 2.24) is 9.78 Å². The third-order valence-corrected chi connectivity index (χ3v) is 2.80. The van der Waals surface area contributed by atoms with Gasteiger partial charge in [0.2, 0.25) is 5.88 Å². The summed E-state index contributed by atoms with van der Waals surface area (Å²) >= 11 is 0. The van der Waals surface area contributed by atoms with Crippen molar-refractivity contribution in [3.05, 3.63) is 41.6 Å². The number of aromatic nitrogens is 2. The van der Waals surface area contributed by atoms with Gasteiger partial charge in [-0.3, -0.25) is 0 Å². The Morgan fingerprint density at radius 1 is 1.37 bits per heavy atom. The summed E-state index contributed by atoms with van der Waals surface area (Å²) in [5.74, 6) is -0.695. The topological polar surface area (TPSA) is 64.4 Å². The second kappa shape index (κ2) is 5.56. The third-order valence-electron chi connectivity index (χ3n) is 2.80. The van der Waals surface area contributed by atoms with Crippen LogP contribution in [0.15, 0.2) is 30.3 Å². The summed E-state index contributed by atoms with van der Waals surface area (Å²) in [6, 6.07) is 9.79. The number of carbonyl (C=O) groups is 1. The molecule has 19 heavy (non-hydrogen) atoms. The fraction of sp³-hybridized carbons (Fsp3) is 0.286. The van der Waals surface area contributed by atoms with Gasteiger partial charge in [-0.1, -0.05) is 19.1 Å². The van der Waals surface area contributed by atoms with Crippen LogP contribution in [0.3, 0.4) is 0 Å². The van der Waals surface area contributed by atoms with E-state index in [1.54, 1.807) is 10.7 Å². The number of carboxylic acids is 1. The molecule has 0 saturated carbocycles. The lowest BCUT2D eigenvalue weighted by molar-refractivity contribution is -0.139. The first-order valence-electron chi connectivity index (χ1n) is 6.10. The molecule has 0 atom stereocenters. The molecule has 0 fully saturated rings. The highest BCUT2D eigenvalue weighted by molar-refractivity contribution is 5.68. The van der Waals surface area contributed by atoms with E-state index >= 15 is 0 Å². The van der Waals surface area contributed by atoms with Gasteiger partial charge < -0.3 is 9.84 Å². The van der Waals surface area contributed by atoms with Crippen molar-refractivity contribution in [3.8, 4) is 11.6 Å². The number of nitrogens with zero attached hydrogens (tertiary/aromatic N) is 2. The van der Waals surface area contributed by atoms with Crippen LogP contribution in [0, 0.1) is 6.92 Å². The van der Waals surface area contributed by atoms with Gasteiger partial charge in [0.25, 0.3) is 0 Å². The number of hydrogen-bond donors (Lipinski definition) is 1. The SMILES string of the molecule is CCc1ccc(-n2nc(OCC(=O)O)cc2C)cc1. The maximum atomic E-state index is 10.4. The van der Waals surface area contributed by atoms with Gasteiger partial charge in [-0.05, 0) is 31.0 Å². The minimum Gasteiger partial charge on any atom is -0.479 e. The van der Waals surface area contributed by atoms with Gasteiger partial charge in [-0.15, -0.1) is 5.10 Å². The first-order valence-corrected chi connectivity index (χ1v) is 6.10. The second-order valence-electron chi connectivity index (χ2n) is 4.24. The molecule has 2 rings (SSSR count). The highest BCUT2D eigenvalue weighted by Crippen LogP contribution is 2.17. The maximum absolute atomic E-state index is 10.4. The van der Waals surface area contributed by atoms with Crippen LogP contribution in [-0.2, 0) is 11.2 Å². The second-order valence-corrected chi connectivity index (χ2v) is 4.24. The molecule has 1 aromatic heterocycles. The quantitative estimate of drug-likeness (QED) is 0.895. The summed E-state index contributed by atoms with van der Waals surface area (Å²) in [5, 5.41) is 12.8. The minimum atomic E-state index is -1.01. The van der Waals surface area contributed by atoms with Gasteiger partial charge in [-0.2, -0.15) is 0 Å². The molecule has 2 aromatic rings. The lowest BCUT2D eigenvalue weighted by Crippen LogP contribution is -2.10. The maximum Gasteiger partial charge on any atom is 0.341 e. The van der Waals surface area contributed by atoms with Crippen molar-refractivity contribution >= 4 is 5.97 Å². The van der Waals surface area contributed by atoms with Gasteiger partial charge in [0.15, 0.2) is 6.61 Å². The van der Waals surface area contributed by atoms with Crippen molar-refractivity contribution < 1.29 is 14.6 Å². The van der Waals surface area contributed by atoms with Crippen LogP contribution in [0.5, 0.6) is 5.88 Å². The van der Waals surface area contributed by atoms with Crippen molar-refractivity contribution in [2.24, 2.45) is 0 Å². The van der Waals surface area contributed by atoms with Crippen LogP contribution in [0.2, 0.25) is 0 Å². The van der Waals surface area contributed by atoms with Gasteiger partial charge >= 0.3 is 5.97 Å². The van der Waals surface area contributed by atoms with E-state index in [0.29, 0.717) is 5.88 Å². The fourth-order valence-electron chi connectivity index (χ4n) is 1.79. The molecule has 1 N–H and O–H groups in total. The predicted octanol–water partition coefficient (Wildman–Crippen LogP) is 2.21. The zero-order valence-electron chi connectivity index (χ0n) is 11.0. The molecule has 1 heterocycles. The standard InChI is InChI=1S/C14H16N2O3/c1-3-11-4-6-12(7-5-11)16-10(2)8-13(15-16)19-9-14(17)18/h4-8H,3,9H2,1-2H3,(H,17,18). The van der Waals surface area contributed by atoms with Crippen LogP contribution in [0.4, 0.5) is 0 Å². The Balaban J connectivity index is 2.21. The Morgan fingerprint density at radius 2 is 2.05 bits per heavy atom. The van der Waals surface area contributed by atoms with Gasteiger partial charge in [0.05, 0.1) is 5.69 Å². The highest BCUT2D eigenvalue weighted by Gasteiger charge is 2.08. The number of aliphatic carboxylic acids is 1. The van der Waals surface area contributed by atoms with Crippen LogP contribution in [0.1, 0.15) is 18.2 Å². The molecule has 0 amide bonds. The molecule has 0 spiro atoms. The van der Waals surface area contributed by atoms with Gasteiger partial charge in [0.1, 0.15) is 0 Å². The Kier molecular flexibility index (Phi) is 3.85. The molecule has 5 heteroatoms. The van der Waals surface area contributed by atoms with Crippen molar-refractivity contribution in [2.75, 3.05) is 6.61 Å². The molecule has 0 radical (unpaired) electrons. The largest absolute Gasteiger partial charge is 0.479 e. The first-order chi connectivity index (χ1) is 9.10. The number of benzene rings is 1. The summed E-state index contributed by atoms with van der Waals surface area (Å²) in [6.07, 6.45) is 0.991. The van der Waals surface area contributed by atoms with E-state index in [9.17, 15) is 4.79 Å². The number of carboxylic acid groups (broad SMARTS) is 1. The van der Waals surface area contributed by atoms with Crippen LogP contribution >= 0.6 is 0 Å². The monoisotopic (exact) mass is 260 g/mol. The number of ether oxygens (including phenoxy) is 1. The lowest BCUT2D eigenvalue weighted by Gasteiger charge is -2.04. The summed E-state index contributed by atoms with van der Waals surface area (Å²) in [5.41, 5.74) is 3.08. The summed E-state index contributed by atoms with van der Waals surface area (Å²) in [7, 11) is 0. The van der Waals surface area contributed by atoms with Crippen molar-refractivity contribution in [2.45, 2.75) is 20.3 Å². The molecule has 0 aliphatic heterocycles. The molecule has 0 unspecified atom stereocenters. The minimum absolute atomic E-state index is 0.319. The summed E-state index contributed by atoms with van der Waals surface area (Å²) < 4.78 is 6.80. The van der Waals surface area contributed by atoms with E-state index in [-0.39, 0.29) is 6.61 Å². The lowest BCUT2D eigenvalue weighted by atomic mass is 10.1. The van der Waals surface area contributed by atoms with Crippen LogP contribution in [-0.4, -0.2) is 27.5 Å². The van der Waals surface area contributed by atoms with E-state index in [4.69, 9.17) is 9.84 Å². The van der Waals surface area contributed by atoms with Crippen LogP contribution < -0.4 is 4.74 Å². The zero-order valence-corrected chi connectivity index (χ0v) is 11.0. The van der Waals surface area contributed by atoms with E-state index < -0.39 is 5.97 Å². The Morgan fingerprint density at radius 3 is 2.63 bits per heavy atom. The first kappa shape index (κ1) is 13.1. The third kappa shape index (κ3) is 3.13. The normalized spacial score (nSPS) is 10.4. The summed E-state index contributed by atoms with van der Waals surface area (Å²) in [6.45, 7) is 3.62. The predicted molar refractivity (Wildman–Crippen MR) is 70.8 cm³/mol. The molecular formula is C14H16N2O3. The Labute approximate surface area is 111 Å². The fourth-order valence-corrected chi connectivity index (χ4v) is 1.79. The molecule has 0 bridgehead atoms. The van der Waals surface area contributed by atoms with E-state index in [1.165, 1.54) is 5.56 Å². The van der Waals surface area contributed by atoms with Gasteiger partial charge in [0, 0.05) is 11.8 Å². The average molecular weight is 260 g/mol. The van der Waals surface area contributed by atoms with Crippen LogP contribution in [0.25, 0.3) is 5.69 Å². The summed E-state index contributed by atoms with van der Waals surface area (Å²) in [4.78, 5) is 10.4. The average Bonchev–Trinajstić information content (AvgIpc) is 2.78. The van der Waals surface area contributed by atoms with E-state index in [0.717, 1.165) is 17.8 Å². The molecule has 0 aliphatic carbocycles. The van der Waals surface area contributed by atoms with Crippen molar-refractivity contribution in [3.63, 3.8) is 0 Å². The molecule has 0 saturated heterocycles. The molecule has 100 valence electrons. The number of aryl methyl sites for hydroxylation is 2. The smallest absolute Gasteiger partial charge is 0.341 e. The zero-order chi connectivity index (χ0) is 13.8. The number of rotatable bonds is 5. The highest BCUT2D eigenvalue weighted by atomic mass is 16.5. The molecular weight excluding hydrogens is 244 g/mol. The Bertz CT molecular complexity index is 573. The van der Waals surface area contributed by atoms with E-state index in [2.05, 4.69) is 12.0 Å². The molecule has 1 aromatic carbocycles.